The van der Waals surface area contributed by atoms with Gasteiger partial charge in [-0.1, -0.05) is 25.3 Å². The van der Waals surface area contributed by atoms with Crippen molar-refractivity contribution in [3.8, 4) is 0 Å². The van der Waals surface area contributed by atoms with Gasteiger partial charge in [-0.15, -0.1) is 0 Å². The van der Waals surface area contributed by atoms with Crippen LogP contribution in [-0.4, -0.2) is 48.0 Å². The first-order valence-corrected chi connectivity index (χ1v) is 9.33. The Bertz CT molecular complexity index is 529. The van der Waals surface area contributed by atoms with Gasteiger partial charge in [-0.05, 0) is 31.4 Å². The molecule has 0 atom stereocenters. The van der Waals surface area contributed by atoms with E-state index in [1.54, 1.807) is 11.1 Å². The Hall–Kier alpha value is -2.11. The number of hydrogen-bond acceptors (Lipinski definition) is 3. The molecule has 1 aromatic rings. The molecule has 2 rings (SSSR count). The standard InChI is InChI=1S/C19H30N4O2/c1-23(15-12-16-8-5-6-13-20-16)18(24)11-7-14-21-19(25)22-17-9-3-2-4-10-17/h5-6,8,13,17H,2-4,7,9-12,14-15H2,1H3,(H2,21,22,25). The normalized spacial score (nSPS) is 14.8. The lowest BCUT2D eigenvalue weighted by atomic mass is 9.96. The van der Waals surface area contributed by atoms with Crippen molar-refractivity contribution in [2.75, 3.05) is 20.1 Å². The first kappa shape index (κ1) is 19.2. The topological polar surface area (TPSA) is 74.3 Å². The first-order chi connectivity index (χ1) is 12.1. The van der Waals surface area contributed by atoms with Crippen LogP contribution in [0.25, 0.3) is 0 Å². The Kier molecular flexibility index (Phi) is 8.22. The van der Waals surface area contributed by atoms with Crippen molar-refractivity contribution < 1.29 is 9.59 Å². The third kappa shape index (κ3) is 7.54. The van der Waals surface area contributed by atoms with Crippen LogP contribution in [0.1, 0.15) is 50.6 Å². The molecule has 6 nitrogen and oxygen atoms in total. The zero-order valence-corrected chi connectivity index (χ0v) is 15.2. The number of pyridine rings is 1. The third-order valence-electron chi connectivity index (χ3n) is 4.65. The summed E-state index contributed by atoms with van der Waals surface area (Å²) in [7, 11) is 1.81. The highest BCUT2D eigenvalue weighted by Gasteiger charge is 2.15. The summed E-state index contributed by atoms with van der Waals surface area (Å²) in [6.45, 7) is 1.18. The van der Waals surface area contributed by atoms with Gasteiger partial charge in [-0.2, -0.15) is 0 Å². The van der Waals surface area contributed by atoms with Crippen molar-refractivity contribution >= 4 is 11.9 Å². The number of nitrogens with one attached hydrogen (secondary N) is 2. The second kappa shape index (κ2) is 10.7. The van der Waals surface area contributed by atoms with Crippen LogP contribution < -0.4 is 10.6 Å². The number of likely N-dealkylation sites (N-methyl/N-ethyl adjacent to an activating group) is 1. The number of nitrogens with zero attached hydrogens (tertiary/aromatic N) is 2. The minimum Gasteiger partial charge on any atom is -0.345 e. The summed E-state index contributed by atoms with van der Waals surface area (Å²) in [5.74, 6) is 0.102. The number of hydrogen-bond donors (Lipinski definition) is 2. The Morgan fingerprint density at radius 1 is 1.24 bits per heavy atom. The van der Waals surface area contributed by atoms with Crippen molar-refractivity contribution in [1.29, 1.82) is 0 Å². The van der Waals surface area contributed by atoms with Crippen LogP contribution in [0.3, 0.4) is 0 Å². The highest BCUT2D eigenvalue weighted by molar-refractivity contribution is 5.76. The molecule has 0 bridgehead atoms. The Balaban J connectivity index is 1.54. The molecule has 1 saturated carbocycles. The lowest BCUT2D eigenvalue weighted by molar-refractivity contribution is -0.129. The molecule has 1 fully saturated rings. The van der Waals surface area contributed by atoms with E-state index in [-0.39, 0.29) is 11.9 Å². The maximum absolute atomic E-state index is 12.1. The maximum atomic E-state index is 12.1. The van der Waals surface area contributed by atoms with Crippen LogP contribution in [-0.2, 0) is 11.2 Å². The lowest BCUT2D eigenvalue weighted by Gasteiger charge is -2.23. The number of amides is 3. The quantitative estimate of drug-likeness (QED) is 0.710. The predicted octanol–water partition coefficient (Wildman–Crippen LogP) is 2.49. The summed E-state index contributed by atoms with van der Waals surface area (Å²) in [5.41, 5.74) is 0.989. The highest BCUT2D eigenvalue weighted by Crippen LogP contribution is 2.17. The van der Waals surface area contributed by atoms with Crippen molar-refractivity contribution in [2.24, 2.45) is 0 Å². The van der Waals surface area contributed by atoms with E-state index >= 15 is 0 Å². The molecule has 1 aliphatic rings. The number of carbonyl (C=O) groups excluding carboxylic acids is 2. The van der Waals surface area contributed by atoms with Gasteiger partial charge in [0.05, 0.1) is 0 Å². The predicted molar refractivity (Wildman–Crippen MR) is 98.2 cm³/mol. The van der Waals surface area contributed by atoms with E-state index in [4.69, 9.17) is 0 Å². The minimum atomic E-state index is -0.108. The fraction of sp³-hybridized carbons (Fsp3) is 0.632. The molecule has 0 unspecified atom stereocenters. The van der Waals surface area contributed by atoms with Gasteiger partial charge in [-0.3, -0.25) is 9.78 Å². The van der Waals surface area contributed by atoms with Gasteiger partial charge in [0, 0.05) is 50.9 Å². The Morgan fingerprint density at radius 2 is 2.04 bits per heavy atom. The van der Waals surface area contributed by atoms with E-state index in [1.807, 2.05) is 25.2 Å². The molecule has 2 N–H and O–H groups in total. The largest absolute Gasteiger partial charge is 0.345 e. The van der Waals surface area contributed by atoms with E-state index in [0.29, 0.717) is 32.0 Å². The van der Waals surface area contributed by atoms with Gasteiger partial charge in [0.1, 0.15) is 0 Å². The lowest BCUT2D eigenvalue weighted by Crippen LogP contribution is -2.43. The molecule has 1 aliphatic carbocycles. The Labute approximate surface area is 150 Å². The summed E-state index contributed by atoms with van der Waals surface area (Å²) in [4.78, 5) is 29.9. The van der Waals surface area contributed by atoms with Crippen LogP contribution >= 0.6 is 0 Å². The molecule has 0 aliphatic heterocycles. The molecule has 138 valence electrons. The molecule has 0 spiro atoms. The number of urea groups is 1. The molecule has 0 aromatic carbocycles. The Morgan fingerprint density at radius 3 is 2.76 bits per heavy atom. The molecule has 0 radical (unpaired) electrons. The highest BCUT2D eigenvalue weighted by atomic mass is 16.2. The maximum Gasteiger partial charge on any atom is 0.315 e. The van der Waals surface area contributed by atoms with Crippen molar-refractivity contribution in [2.45, 2.75) is 57.4 Å². The van der Waals surface area contributed by atoms with Crippen LogP contribution in [0, 0.1) is 0 Å². The van der Waals surface area contributed by atoms with Crippen molar-refractivity contribution in [3.05, 3.63) is 30.1 Å². The number of aromatic nitrogens is 1. The average Bonchev–Trinajstić information content (AvgIpc) is 2.64. The number of carbonyl (C=O) groups is 2. The van der Waals surface area contributed by atoms with Crippen LogP contribution in [0.15, 0.2) is 24.4 Å². The zero-order valence-electron chi connectivity index (χ0n) is 15.2. The molecule has 6 heteroatoms. The third-order valence-corrected chi connectivity index (χ3v) is 4.65. The second-order valence-electron chi connectivity index (χ2n) is 6.73. The average molecular weight is 346 g/mol. The van der Waals surface area contributed by atoms with Crippen molar-refractivity contribution in [1.82, 2.24) is 20.5 Å². The van der Waals surface area contributed by atoms with Gasteiger partial charge in [0.2, 0.25) is 5.91 Å². The summed E-state index contributed by atoms with van der Waals surface area (Å²) < 4.78 is 0. The molecule has 3 amide bonds. The van der Waals surface area contributed by atoms with E-state index in [0.717, 1.165) is 25.0 Å². The molecule has 0 saturated heterocycles. The smallest absolute Gasteiger partial charge is 0.315 e. The van der Waals surface area contributed by atoms with Gasteiger partial charge < -0.3 is 15.5 Å². The van der Waals surface area contributed by atoms with E-state index in [1.165, 1.54) is 19.3 Å². The van der Waals surface area contributed by atoms with Gasteiger partial charge in [-0.25, -0.2) is 4.79 Å². The molecular formula is C19H30N4O2. The molecular weight excluding hydrogens is 316 g/mol. The van der Waals surface area contributed by atoms with Gasteiger partial charge in [0.25, 0.3) is 0 Å². The summed E-state index contributed by atoms with van der Waals surface area (Å²) in [5, 5.41) is 5.87. The number of rotatable bonds is 8. The first-order valence-electron chi connectivity index (χ1n) is 9.33. The minimum absolute atomic E-state index is 0.102. The van der Waals surface area contributed by atoms with E-state index in [9.17, 15) is 9.59 Å². The fourth-order valence-electron chi connectivity index (χ4n) is 3.07. The molecule has 1 heterocycles. The summed E-state index contributed by atoms with van der Waals surface area (Å²) in [6.07, 6.45) is 9.45. The van der Waals surface area contributed by atoms with Crippen molar-refractivity contribution in [3.63, 3.8) is 0 Å². The fourth-order valence-corrected chi connectivity index (χ4v) is 3.07. The zero-order chi connectivity index (χ0) is 17.9. The van der Waals surface area contributed by atoms with E-state index < -0.39 is 0 Å². The molecule has 1 aromatic heterocycles. The van der Waals surface area contributed by atoms with Crippen LogP contribution in [0.5, 0.6) is 0 Å². The SMILES string of the molecule is CN(CCc1ccccn1)C(=O)CCCNC(=O)NC1CCCCC1. The van der Waals surface area contributed by atoms with E-state index in [2.05, 4.69) is 15.6 Å². The van der Waals surface area contributed by atoms with Crippen LogP contribution in [0.4, 0.5) is 4.79 Å². The van der Waals surface area contributed by atoms with Crippen LogP contribution in [0.2, 0.25) is 0 Å². The summed E-state index contributed by atoms with van der Waals surface area (Å²) >= 11 is 0. The monoisotopic (exact) mass is 346 g/mol. The second-order valence-corrected chi connectivity index (χ2v) is 6.73. The van der Waals surface area contributed by atoms with Gasteiger partial charge >= 0.3 is 6.03 Å². The molecule has 25 heavy (non-hydrogen) atoms. The van der Waals surface area contributed by atoms with Gasteiger partial charge in [0.15, 0.2) is 0 Å². The summed E-state index contributed by atoms with van der Waals surface area (Å²) in [6, 6.07) is 6.01.